The van der Waals surface area contributed by atoms with Crippen LogP contribution in [0.25, 0.3) is 0 Å². The molecule has 7 nitrogen and oxygen atoms in total. The van der Waals surface area contributed by atoms with E-state index in [1.807, 2.05) is 0 Å². The van der Waals surface area contributed by atoms with E-state index in [0.29, 0.717) is 13.0 Å². The fourth-order valence-electron chi connectivity index (χ4n) is 1.96. The molecule has 0 saturated carbocycles. The van der Waals surface area contributed by atoms with Gasteiger partial charge in [-0.25, -0.2) is 9.59 Å². The van der Waals surface area contributed by atoms with Gasteiger partial charge in [-0.2, -0.15) is 0 Å². The molecule has 1 fully saturated rings. The van der Waals surface area contributed by atoms with E-state index in [9.17, 15) is 14.7 Å². The number of ether oxygens (including phenoxy) is 1. The molecule has 0 radical (unpaired) electrons. The second-order valence-corrected chi connectivity index (χ2v) is 5.72. The monoisotopic (exact) mass is 274 g/mol. The van der Waals surface area contributed by atoms with Crippen molar-refractivity contribution in [3.63, 3.8) is 0 Å². The second-order valence-electron chi connectivity index (χ2n) is 5.72. The molecular formula is C12H22N2O5. The summed E-state index contributed by atoms with van der Waals surface area (Å²) in [7, 11) is 0. The number of amides is 1. The molecule has 7 heteroatoms. The zero-order chi connectivity index (χ0) is 14.6. The Kier molecular flexibility index (Phi) is 5.13. The van der Waals surface area contributed by atoms with Crippen molar-refractivity contribution in [3.8, 4) is 0 Å². The molecule has 110 valence electrons. The Bertz CT molecular complexity index is 340. The highest BCUT2D eigenvalue weighted by Gasteiger charge is 2.32. The Morgan fingerprint density at radius 3 is 2.53 bits per heavy atom. The molecular weight excluding hydrogens is 252 g/mol. The van der Waals surface area contributed by atoms with Crippen LogP contribution in [0.15, 0.2) is 0 Å². The molecule has 0 bridgehead atoms. The molecule has 0 aliphatic carbocycles. The van der Waals surface area contributed by atoms with Crippen LogP contribution in [0, 0.1) is 5.92 Å². The molecule has 1 rings (SSSR count). The van der Waals surface area contributed by atoms with Crippen LogP contribution in [-0.4, -0.2) is 46.7 Å². The number of carboxylic acid groups (broad SMARTS) is 1. The predicted octanol–water partition coefficient (Wildman–Crippen LogP) is 0.282. The first-order valence-corrected chi connectivity index (χ1v) is 6.33. The molecule has 1 aliphatic heterocycles. The topological polar surface area (TPSA) is 108 Å². The van der Waals surface area contributed by atoms with E-state index in [0.717, 1.165) is 0 Å². The number of aliphatic hydroxyl groups excluding tert-OH is 1. The van der Waals surface area contributed by atoms with Crippen LogP contribution in [0.1, 0.15) is 33.6 Å². The Morgan fingerprint density at radius 2 is 2.11 bits per heavy atom. The number of aliphatic hydroxyl groups is 1. The molecule has 19 heavy (non-hydrogen) atoms. The fraction of sp³-hybridized carbons (Fsp3) is 0.833. The van der Waals surface area contributed by atoms with Crippen LogP contribution in [0.5, 0.6) is 0 Å². The van der Waals surface area contributed by atoms with Gasteiger partial charge >= 0.3 is 12.1 Å². The number of hydrogen-bond acceptors (Lipinski definition) is 5. The number of carbonyl (C=O) groups is 2. The summed E-state index contributed by atoms with van der Waals surface area (Å²) in [6.07, 6.45) is -0.633. The summed E-state index contributed by atoms with van der Waals surface area (Å²) in [5.41, 5.74) is -0.679. The van der Waals surface area contributed by atoms with E-state index in [1.165, 1.54) is 0 Å². The number of aliphatic carboxylic acids is 1. The number of rotatable bonds is 4. The average molecular weight is 274 g/mol. The lowest BCUT2D eigenvalue weighted by molar-refractivity contribution is -0.140. The molecule has 0 unspecified atom stereocenters. The number of carbonyl (C=O) groups excluding carboxylic acids is 1. The van der Waals surface area contributed by atoms with E-state index in [4.69, 9.17) is 9.84 Å². The van der Waals surface area contributed by atoms with Gasteiger partial charge in [-0.05, 0) is 40.2 Å². The maximum absolute atomic E-state index is 11.6. The van der Waals surface area contributed by atoms with Gasteiger partial charge in [-0.3, -0.25) is 5.32 Å². The number of alkyl carbamates (subject to hydrolysis) is 1. The van der Waals surface area contributed by atoms with Crippen molar-refractivity contribution in [2.45, 2.75) is 51.5 Å². The zero-order valence-corrected chi connectivity index (χ0v) is 11.5. The van der Waals surface area contributed by atoms with Crippen molar-refractivity contribution in [3.05, 3.63) is 0 Å². The highest BCUT2D eigenvalue weighted by Crippen LogP contribution is 2.20. The van der Waals surface area contributed by atoms with Gasteiger partial charge in [0.2, 0.25) is 0 Å². The van der Waals surface area contributed by atoms with Crippen molar-refractivity contribution in [2.75, 3.05) is 6.54 Å². The highest BCUT2D eigenvalue weighted by molar-refractivity contribution is 5.80. The van der Waals surface area contributed by atoms with E-state index in [1.54, 1.807) is 20.8 Å². The van der Waals surface area contributed by atoms with Gasteiger partial charge in [0, 0.05) is 5.92 Å². The summed E-state index contributed by atoms with van der Waals surface area (Å²) in [4.78, 5) is 22.7. The van der Waals surface area contributed by atoms with Gasteiger partial charge in [0.15, 0.2) is 0 Å². The molecule has 1 heterocycles. The summed E-state index contributed by atoms with van der Waals surface area (Å²) >= 11 is 0. The summed E-state index contributed by atoms with van der Waals surface area (Å²) in [6, 6.07) is -1.06. The lowest BCUT2D eigenvalue weighted by Gasteiger charge is -2.23. The minimum atomic E-state index is -1.13. The summed E-state index contributed by atoms with van der Waals surface area (Å²) in [5.74, 6) is -1.32. The van der Waals surface area contributed by atoms with Crippen molar-refractivity contribution in [1.29, 1.82) is 0 Å². The maximum Gasteiger partial charge on any atom is 0.408 e. The minimum absolute atomic E-state index is 0.169. The molecule has 1 saturated heterocycles. The Labute approximate surface area is 112 Å². The van der Waals surface area contributed by atoms with Crippen molar-refractivity contribution in [2.24, 2.45) is 5.92 Å². The smallest absolute Gasteiger partial charge is 0.408 e. The molecule has 0 aromatic rings. The van der Waals surface area contributed by atoms with Crippen LogP contribution in [0.3, 0.4) is 0 Å². The van der Waals surface area contributed by atoms with Gasteiger partial charge < -0.3 is 20.3 Å². The summed E-state index contributed by atoms with van der Waals surface area (Å²) in [6.45, 7) is 5.75. The van der Waals surface area contributed by atoms with Crippen LogP contribution in [0.2, 0.25) is 0 Å². The lowest BCUT2D eigenvalue weighted by atomic mass is 9.98. The van der Waals surface area contributed by atoms with Crippen LogP contribution in [0.4, 0.5) is 4.79 Å². The molecule has 0 aromatic carbocycles. The third-order valence-corrected chi connectivity index (χ3v) is 2.84. The Hall–Kier alpha value is -1.34. The third-order valence-electron chi connectivity index (χ3n) is 2.84. The van der Waals surface area contributed by atoms with Gasteiger partial charge in [0.25, 0.3) is 0 Å². The highest BCUT2D eigenvalue weighted by atomic mass is 16.6. The largest absolute Gasteiger partial charge is 0.480 e. The molecule has 0 aromatic heterocycles. The molecule has 1 amide bonds. The fourth-order valence-corrected chi connectivity index (χ4v) is 1.96. The Balaban J connectivity index is 2.53. The van der Waals surface area contributed by atoms with Crippen molar-refractivity contribution < 1.29 is 24.5 Å². The van der Waals surface area contributed by atoms with E-state index < -0.39 is 29.9 Å². The standard InChI is InChI=1S/C12H22N2O5/c1-12(2,3)19-11(18)14-8(10(16)17)6-7-4-5-13-9(7)15/h7-9,13,15H,4-6H2,1-3H3,(H,14,18)(H,16,17)/t7-,8-,9-/m0/s1. The number of nitrogens with one attached hydrogen (secondary N) is 2. The molecule has 0 spiro atoms. The van der Waals surface area contributed by atoms with Gasteiger partial charge in [-0.1, -0.05) is 0 Å². The predicted molar refractivity (Wildman–Crippen MR) is 67.5 cm³/mol. The quantitative estimate of drug-likeness (QED) is 0.586. The minimum Gasteiger partial charge on any atom is -0.480 e. The normalized spacial score (nSPS) is 24.8. The van der Waals surface area contributed by atoms with Gasteiger partial charge in [0.05, 0.1) is 0 Å². The first-order chi connectivity index (χ1) is 8.69. The second kappa shape index (κ2) is 6.21. The maximum atomic E-state index is 11.6. The van der Waals surface area contributed by atoms with E-state index in [2.05, 4.69) is 10.6 Å². The summed E-state index contributed by atoms with van der Waals surface area (Å²) < 4.78 is 5.02. The van der Waals surface area contributed by atoms with Crippen LogP contribution in [-0.2, 0) is 9.53 Å². The average Bonchev–Trinajstić information content (AvgIpc) is 2.60. The first-order valence-electron chi connectivity index (χ1n) is 6.33. The number of carboxylic acids is 1. The van der Waals surface area contributed by atoms with Crippen molar-refractivity contribution >= 4 is 12.1 Å². The first kappa shape index (κ1) is 15.7. The third kappa shape index (κ3) is 5.44. The van der Waals surface area contributed by atoms with E-state index in [-0.39, 0.29) is 12.3 Å². The van der Waals surface area contributed by atoms with Gasteiger partial charge in [-0.15, -0.1) is 0 Å². The molecule has 3 atom stereocenters. The van der Waals surface area contributed by atoms with Crippen LogP contribution < -0.4 is 10.6 Å². The van der Waals surface area contributed by atoms with Crippen LogP contribution >= 0.6 is 0 Å². The Morgan fingerprint density at radius 1 is 1.47 bits per heavy atom. The summed E-state index contributed by atoms with van der Waals surface area (Å²) in [5, 5.41) is 23.8. The number of hydrogen-bond donors (Lipinski definition) is 4. The SMILES string of the molecule is CC(C)(C)OC(=O)N[C@@H](C[C@@H]1CCN[C@H]1O)C(=O)O. The van der Waals surface area contributed by atoms with E-state index >= 15 is 0 Å². The van der Waals surface area contributed by atoms with Crippen molar-refractivity contribution in [1.82, 2.24) is 10.6 Å². The molecule has 4 N–H and O–H groups in total. The van der Waals surface area contributed by atoms with Gasteiger partial charge in [0.1, 0.15) is 17.9 Å². The zero-order valence-electron chi connectivity index (χ0n) is 11.5. The lowest BCUT2D eigenvalue weighted by Crippen LogP contribution is -2.45. The molecule has 1 aliphatic rings.